The maximum Gasteiger partial charge on any atom is 0.303 e. The molecule has 17 nitrogen and oxygen atoms in total. The second kappa shape index (κ2) is 25.0. The SMILES string of the molecule is CSCC[C@H](NC(=O)[C@H](CCC(=O)O)NC(=O)[C@H](CCCCN)NC(=O)[C@@H](N)Cc1c[nH]c2ccccc12)C(=O)N[C@H](C(=O)N[C@H](CCSC)C(N)=O)C(C)C. The normalized spacial score (nSPS) is 14.5. The average Bonchev–Trinajstić information content (AvgIpc) is 3.56. The lowest BCUT2D eigenvalue weighted by Crippen LogP contribution is -2.60. The summed E-state index contributed by atoms with van der Waals surface area (Å²) in [5, 5.41) is 23.6. The Morgan fingerprint density at radius 1 is 0.732 bits per heavy atom. The minimum absolute atomic E-state index is 0.133. The highest BCUT2D eigenvalue weighted by Crippen LogP contribution is 2.19. The number of carboxylic acid groups (broad SMARTS) is 1. The number of rotatable bonds is 27. The van der Waals surface area contributed by atoms with Crippen LogP contribution in [0.15, 0.2) is 30.5 Å². The van der Waals surface area contributed by atoms with Crippen molar-refractivity contribution in [2.24, 2.45) is 23.1 Å². The number of primary amides is 1. The number of aromatic nitrogens is 1. The van der Waals surface area contributed by atoms with Crippen LogP contribution in [0, 0.1) is 5.92 Å². The number of benzene rings is 1. The fraction of sp³-hybridized carbons (Fsp3) is 0.595. The van der Waals surface area contributed by atoms with Gasteiger partial charge in [0, 0.05) is 23.5 Å². The topological polar surface area (TPSA) is 294 Å². The summed E-state index contributed by atoms with van der Waals surface area (Å²) in [4.78, 5) is 94.5. The van der Waals surface area contributed by atoms with Crippen LogP contribution >= 0.6 is 23.5 Å². The number of carbonyl (C=O) groups is 7. The van der Waals surface area contributed by atoms with Crippen LogP contribution in [0.3, 0.4) is 0 Å². The van der Waals surface area contributed by atoms with Gasteiger partial charge < -0.3 is 53.9 Å². The minimum atomic E-state index is -1.41. The van der Waals surface area contributed by atoms with Gasteiger partial charge in [0.1, 0.15) is 30.2 Å². The molecule has 6 amide bonds. The van der Waals surface area contributed by atoms with Crippen molar-refractivity contribution in [1.29, 1.82) is 0 Å². The molecule has 2 aromatic rings. The van der Waals surface area contributed by atoms with Crippen molar-refractivity contribution >= 4 is 75.8 Å². The standard InChI is InChI=1S/C37H59N9O8S2/c1-21(2)31(37(54)42-26(32(40)49)14-17-55-3)46-36(53)29(15-18-56-4)45-35(52)28(12-13-30(47)48)44-34(51)27(11-7-8-16-38)43-33(50)24(39)19-22-20-41-25-10-6-5-9-23(22)25/h5-6,9-10,20-21,24,26-29,31,41H,7-8,11-19,38-39H2,1-4H3,(H2,40,49)(H,42,54)(H,43,50)(H,44,51)(H,45,52)(H,46,53)(H,47,48)/t24-,26+,27-,28-,29-,31-/m0/s1. The molecule has 312 valence electrons. The first-order chi connectivity index (χ1) is 26.6. The molecule has 19 heteroatoms. The maximum atomic E-state index is 13.8. The van der Waals surface area contributed by atoms with E-state index in [4.69, 9.17) is 17.2 Å². The van der Waals surface area contributed by atoms with Gasteiger partial charge in [0.05, 0.1) is 6.04 Å². The summed E-state index contributed by atoms with van der Waals surface area (Å²) in [6.45, 7) is 3.75. The summed E-state index contributed by atoms with van der Waals surface area (Å²) in [6.07, 6.45) is 6.38. The van der Waals surface area contributed by atoms with Gasteiger partial charge in [0.25, 0.3) is 0 Å². The second-order valence-corrected chi connectivity index (χ2v) is 15.8. The summed E-state index contributed by atoms with van der Waals surface area (Å²) in [5.74, 6) is -4.85. The number of thioether (sulfide) groups is 2. The molecule has 1 heterocycles. The lowest BCUT2D eigenvalue weighted by atomic mass is 10.0. The molecule has 0 saturated carbocycles. The number of para-hydroxylation sites is 1. The molecular weight excluding hydrogens is 763 g/mol. The quantitative estimate of drug-likeness (QED) is 0.0537. The van der Waals surface area contributed by atoms with Crippen molar-refractivity contribution in [2.45, 2.75) is 101 Å². The molecule has 6 atom stereocenters. The highest BCUT2D eigenvalue weighted by molar-refractivity contribution is 7.98. The molecule has 0 aliphatic heterocycles. The maximum absolute atomic E-state index is 13.8. The third-order valence-electron chi connectivity index (χ3n) is 9.07. The first kappa shape index (κ1) is 47.8. The largest absolute Gasteiger partial charge is 0.481 e. The summed E-state index contributed by atoms with van der Waals surface area (Å²) in [6, 6.07) is 0.774. The zero-order valence-corrected chi connectivity index (χ0v) is 34.2. The van der Waals surface area contributed by atoms with Gasteiger partial charge in [0.15, 0.2) is 0 Å². The highest BCUT2D eigenvalue weighted by atomic mass is 32.2. The Kier molecular flexibility index (Phi) is 21.4. The van der Waals surface area contributed by atoms with E-state index in [9.17, 15) is 38.7 Å². The summed E-state index contributed by atoms with van der Waals surface area (Å²) in [7, 11) is 0. The van der Waals surface area contributed by atoms with Crippen molar-refractivity contribution in [3.63, 3.8) is 0 Å². The number of fused-ring (bicyclic) bond motifs is 1. The van der Waals surface area contributed by atoms with Crippen LogP contribution in [-0.4, -0.2) is 118 Å². The Bertz CT molecular complexity index is 1620. The molecule has 1 aromatic carbocycles. The minimum Gasteiger partial charge on any atom is -0.481 e. The van der Waals surface area contributed by atoms with Gasteiger partial charge >= 0.3 is 5.97 Å². The Morgan fingerprint density at radius 2 is 1.27 bits per heavy atom. The number of nitrogens with one attached hydrogen (secondary N) is 6. The third kappa shape index (κ3) is 16.0. The number of aliphatic carboxylic acids is 1. The predicted octanol–water partition coefficient (Wildman–Crippen LogP) is 0.103. The van der Waals surface area contributed by atoms with Crippen molar-refractivity contribution in [1.82, 2.24) is 31.6 Å². The number of nitrogens with two attached hydrogens (primary N) is 3. The molecule has 0 aliphatic carbocycles. The highest BCUT2D eigenvalue weighted by Gasteiger charge is 2.33. The molecule has 0 saturated heterocycles. The van der Waals surface area contributed by atoms with E-state index in [1.807, 2.05) is 30.5 Å². The van der Waals surface area contributed by atoms with Gasteiger partial charge in [-0.25, -0.2) is 0 Å². The number of H-pyrrole nitrogens is 1. The Hall–Kier alpha value is -4.33. The van der Waals surface area contributed by atoms with E-state index in [0.29, 0.717) is 37.3 Å². The van der Waals surface area contributed by atoms with Crippen molar-refractivity contribution in [3.05, 3.63) is 36.0 Å². The molecule has 2 rings (SSSR count). The Balaban J connectivity index is 2.25. The lowest BCUT2D eigenvalue weighted by molar-refractivity contribution is -0.138. The zero-order chi connectivity index (χ0) is 41.8. The van der Waals surface area contributed by atoms with Crippen molar-refractivity contribution in [2.75, 3.05) is 30.6 Å². The van der Waals surface area contributed by atoms with E-state index >= 15 is 0 Å². The van der Waals surface area contributed by atoms with Crippen LogP contribution in [0.2, 0.25) is 0 Å². The van der Waals surface area contributed by atoms with E-state index in [0.717, 1.165) is 16.5 Å². The van der Waals surface area contributed by atoms with Gasteiger partial charge in [-0.05, 0) is 93.1 Å². The van der Waals surface area contributed by atoms with Crippen LogP contribution in [0.25, 0.3) is 10.9 Å². The van der Waals surface area contributed by atoms with Crippen LogP contribution in [-0.2, 0) is 40.0 Å². The van der Waals surface area contributed by atoms with E-state index in [2.05, 4.69) is 31.6 Å². The lowest BCUT2D eigenvalue weighted by Gasteiger charge is -2.28. The summed E-state index contributed by atoms with van der Waals surface area (Å²) < 4.78 is 0. The number of hydrogen-bond donors (Lipinski definition) is 10. The molecule has 13 N–H and O–H groups in total. The smallest absolute Gasteiger partial charge is 0.303 e. The fourth-order valence-electron chi connectivity index (χ4n) is 5.83. The first-order valence-electron chi connectivity index (χ1n) is 18.6. The first-order valence-corrected chi connectivity index (χ1v) is 21.4. The molecular formula is C37H59N9O8S2. The van der Waals surface area contributed by atoms with Crippen LogP contribution < -0.4 is 43.8 Å². The van der Waals surface area contributed by atoms with Crippen molar-refractivity contribution in [3.8, 4) is 0 Å². The molecule has 0 unspecified atom stereocenters. The van der Waals surface area contributed by atoms with Gasteiger partial charge in [-0.15, -0.1) is 0 Å². The molecule has 56 heavy (non-hydrogen) atoms. The Labute approximate surface area is 336 Å². The van der Waals surface area contributed by atoms with E-state index in [1.165, 1.54) is 23.5 Å². The number of hydrogen-bond acceptors (Lipinski definition) is 11. The van der Waals surface area contributed by atoms with Gasteiger partial charge in [-0.1, -0.05) is 32.0 Å². The van der Waals surface area contributed by atoms with Gasteiger partial charge in [-0.3, -0.25) is 33.6 Å². The number of carbonyl (C=O) groups excluding carboxylic acids is 6. The molecule has 0 bridgehead atoms. The van der Waals surface area contributed by atoms with Crippen molar-refractivity contribution < 1.29 is 38.7 Å². The number of aromatic amines is 1. The van der Waals surface area contributed by atoms with Crippen LogP contribution in [0.5, 0.6) is 0 Å². The molecule has 0 radical (unpaired) electrons. The molecule has 0 fully saturated rings. The van der Waals surface area contributed by atoms with Crippen LogP contribution in [0.1, 0.15) is 64.4 Å². The summed E-state index contributed by atoms with van der Waals surface area (Å²) >= 11 is 2.89. The molecule has 1 aromatic heterocycles. The Morgan fingerprint density at radius 3 is 1.84 bits per heavy atom. The third-order valence-corrected chi connectivity index (χ3v) is 10.4. The average molecular weight is 822 g/mol. The fourth-order valence-corrected chi connectivity index (χ4v) is 6.77. The van der Waals surface area contributed by atoms with Crippen LogP contribution in [0.4, 0.5) is 0 Å². The van der Waals surface area contributed by atoms with E-state index in [1.54, 1.807) is 26.3 Å². The van der Waals surface area contributed by atoms with E-state index in [-0.39, 0.29) is 25.7 Å². The van der Waals surface area contributed by atoms with E-state index < -0.39 is 90.0 Å². The second-order valence-electron chi connectivity index (χ2n) is 13.8. The number of amides is 6. The van der Waals surface area contributed by atoms with Gasteiger partial charge in [-0.2, -0.15) is 23.5 Å². The number of unbranched alkanes of at least 4 members (excludes halogenated alkanes) is 1. The number of carboxylic acids is 1. The van der Waals surface area contributed by atoms with Gasteiger partial charge in [0.2, 0.25) is 35.4 Å². The molecule has 0 spiro atoms. The zero-order valence-electron chi connectivity index (χ0n) is 32.6. The summed E-state index contributed by atoms with van der Waals surface area (Å²) in [5.41, 5.74) is 19.2. The molecule has 0 aliphatic rings. The predicted molar refractivity (Wildman–Crippen MR) is 219 cm³/mol. The monoisotopic (exact) mass is 821 g/mol.